The molecule has 1 heterocycles. The monoisotopic (exact) mass is 246 g/mol. The molecule has 3 N–H and O–H groups in total. The smallest absolute Gasteiger partial charge is 0.0940 e. The maximum atomic E-state index is 9.20. The predicted molar refractivity (Wildman–Crippen MR) is 68.5 cm³/mol. The van der Waals surface area contributed by atoms with E-state index in [-0.39, 0.29) is 18.3 Å². The van der Waals surface area contributed by atoms with Crippen LogP contribution in [0.25, 0.3) is 0 Å². The van der Waals surface area contributed by atoms with Gasteiger partial charge in [0.1, 0.15) is 0 Å². The molecule has 2 atom stereocenters. The topological polar surface area (TPSA) is 58.7 Å². The molecule has 0 aromatic heterocycles. The summed E-state index contributed by atoms with van der Waals surface area (Å²) < 4.78 is 5.75. The summed E-state index contributed by atoms with van der Waals surface area (Å²) in [6.45, 7) is 7.82. The largest absolute Gasteiger partial charge is 0.394 e. The van der Waals surface area contributed by atoms with Crippen LogP contribution in [-0.2, 0) is 4.74 Å². The molecular weight excluding hydrogens is 224 g/mol. The number of rotatable bonds is 4. The van der Waals surface area contributed by atoms with Crippen LogP contribution in [0, 0.1) is 0 Å². The number of nitrogens with two attached hydrogens (primary N) is 1. The van der Waals surface area contributed by atoms with Crippen LogP contribution in [0.5, 0.6) is 0 Å². The molecule has 0 radical (unpaired) electrons. The molecule has 1 saturated heterocycles. The fraction of sp³-hybridized carbons (Fsp3) is 0.909. The minimum absolute atomic E-state index is 0.0553. The number of thiocarbonyl (C=S) groups is 1. The van der Waals surface area contributed by atoms with Crippen molar-refractivity contribution in [2.45, 2.75) is 44.9 Å². The van der Waals surface area contributed by atoms with Crippen molar-refractivity contribution < 1.29 is 9.84 Å². The van der Waals surface area contributed by atoms with E-state index in [1.165, 1.54) is 0 Å². The van der Waals surface area contributed by atoms with E-state index in [2.05, 4.69) is 11.8 Å². The van der Waals surface area contributed by atoms with Gasteiger partial charge in [0, 0.05) is 25.6 Å². The third kappa shape index (κ3) is 3.97. The Bertz CT molecular complexity index is 258. The molecule has 0 amide bonds. The number of nitrogens with zero attached hydrogens (tertiary/aromatic N) is 1. The molecule has 2 unspecified atom stereocenters. The van der Waals surface area contributed by atoms with E-state index in [1.54, 1.807) is 0 Å². The van der Waals surface area contributed by atoms with E-state index in [9.17, 15) is 5.11 Å². The second-order valence-corrected chi connectivity index (χ2v) is 5.66. The number of aliphatic hydroxyl groups is 1. The second-order valence-electron chi connectivity index (χ2n) is 5.13. The standard InChI is InChI=1S/C11H22N2O2S/c1-8(4-10(12)16)13-5-9(6-14)15-11(2,3)7-13/h8-9,14H,4-7H2,1-3H3,(H2,12,16). The van der Waals surface area contributed by atoms with Gasteiger partial charge in [-0.1, -0.05) is 12.2 Å². The summed E-state index contributed by atoms with van der Waals surface area (Å²) in [6, 6.07) is 0.301. The molecule has 0 aromatic carbocycles. The Kier molecular flexibility index (Phi) is 4.67. The van der Waals surface area contributed by atoms with Gasteiger partial charge in [-0.25, -0.2) is 0 Å². The minimum Gasteiger partial charge on any atom is -0.394 e. The number of hydrogen-bond donors (Lipinski definition) is 2. The fourth-order valence-corrected chi connectivity index (χ4v) is 2.43. The third-order valence-electron chi connectivity index (χ3n) is 2.83. The Labute approximate surface area is 103 Å². The van der Waals surface area contributed by atoms with Crippen molar-refractivity contribution in [3.05, 3.63) is 0 Å². The van der Waals surface area contributed by atoms with Crippen LogP contribution < -0.4 is 5.73 Å². The van der Waals surface area contributed by atoms with Crippen LogP contribution in [0.2, 0.25) is 0 Å². The molecule has 5 heteroatoms. The van der Waals surface area contributed by atoms with Crippen LogP contribution in [0.4, 0.5) is 0 Å². The maximum Gasteiger partial charge on any atom is 0.0940 e. The zero-order valence-electron chi connectivity index (χ0n) is 10.3. The van der Waals surface area contributed by atoms with Gasteiger partial charge in [-0.3, -0.25) is 4.90 Å². The minimum atomic E-state index is -0.226. The van der Waals surface area contributed by atoms with Gasteiger partial charge in [-0.15, -0.1) is 0 Å². The normalized spacial score (nSPS) is 27.6. The molecule has 1 fully saturated rings. The van der Waals surface area contributed by atoms with Gasteiger partial charge in [-0.05, 0) is 20.8 Å². The van der Waals surface area contributed by atoms with Gasteiger partial charge in [-0.2, -0.15) is 0 Å². The lowest BCUT2D eigenvalue weighted by Gasteiger charge is -2.44. The van der Waals surface area contributed by atoms with Crippen molar-refractivity contribution in [2.75, 3.05) is 19.7 Å². The van der Waals surface area contributed by atoms with Crippen molar-refractivity contribution in [1.29, 1.82) is 0 Å². The number of hydrogen-bond acceptors (Lipinski definition) is 4. The molecule has 16 heavy (non-hydrogen) atoms. The lowest BCUT2D eigenvalue weighted by Crippen LogP contribution is -2.56. The Morgan fingerprint density at radius 2 is 2.31 bits per heavy atom. The van der Waals surface area contributed by atoms with E-state index >= 15 is 0 Å². The third-order valence-corrected chi connectivity index (χ3v) is 3.00. The van der Waals surface area contributed by atoms with Gasteiger partial charge < -0.3 is 15.6 Å². The van der Waals surface area contributed by atoms with Gasteiger partial charge in [0.2, 0.25) is 0 Å². The van der Waals surface area contributed by atoms with Crippen molar-refractivity contribution in [3.8, 4) is 0 Å². The van der Waals surface area contributed by atoms with Crippen molar-refractivity contribution >= 4 is 17.2 Å². The zero-order valence-corrected chi connectivity index (χ0v) is 11.1. The molecule has 1 rings (SSSR count). The van der Waals surface area contributed by atoms with Gasteiger partial charge >= 0.3 is 0 Å². The summed E-state index contributed by atoms with van der Waals surface area (Å²) in [6.07, 6.45) is 0.598. The first kappa shape index (κ1) is 13.8. The molecule has 0 saturated carbocycles. The zero-order chi connectivity index (χ0) is 12.3. The van der Waals surface area contributed by atoms with Crippen molar-refractivity contribution in [1.82, 2.24) is 4.90 Å². The summed E-state index contributed by atoms with van der Waals surface area (Å²) in [5.41, 5.74) is 5.33. The highest BCUT2D eigenvalue weighted by atomic mass is 32.1. The average molecular weight is 246 g/mol. The van der Waals surface area contributed by atoms with Gasteiger partial charge in [0.05, 0.1) is 23.3 Å². The van der Waals surface area contributed by atoms with Gasteiger partial charge in [0.25, 0.3) is 0 Å². The lowest BCUT2D eigenvalue weighted by molar-refractivity contribution is -0.155. The molecule has 1 aliphatic rings. The van der Waals surface area contributed by atoms with Gasteiger partial charge in [0.15, 0.2) is 0 Å². The molecule has 0 aliphatic carbocycles. The van der Waals surface area contributed by atoms with E-state index in [1.807, 2.05) is 13.8 Å². The highest BCUT2D eigenvalue weighted by Crippen LogP contribution is 2.23. The summed E-state index contributed by atoms with van der Waals surface area (Å²) in [7, 11) is 0. The van der Waals surface area contributed by atoms with E-state index in [0.29, 0.717) is 17.5 Å². The SMILES string of the molecule is CC(CC(N)=S)N1CC(CO)OC(C)(C)C1. The Balaban J connectivity index is 2.62. The summed E-state index contributed by atoms with van der Waals surface area (Å²) in [4.78, 5) is 2.82. The van der Waals surface area contributed by atoms with E-state index in [0.717, 1.165) is 13.1 Å². The van der Waals surface area contributed by atoms with E-state index < -0.39 is 0 Å². The predicted octanol–water partition coefficient (Wildman–Crippen LogP) is 0.523. The Hall–Kier alpha value is -0.230. The second kappa shape index (κ2) is 5.40. The van der Waals surface area contributed by atoms with E-state index in [4.69, 9.17) is 22.7 Å². The highest BCUT2D eigenvalue weighted by molar-refractivity contribution is 7.80. The number of aliphatic hydroxyl groups excluding tert-OH is 1. The Morgan fingerprint density at radius 1 is 1.69 bits per heavy atom. The summed E-state index contributed by atoms with van der Waals surface area (Å²) in [5.74, 6) is 0. The van der Waals surface area contributed by atoms with Crippen LogP contribution in [0.15, 0.2) is 0 Å². The van der Waals surface area contributed by atoms with Crippen molar-refractivity contribution in [3.63, 3.8) is 0 Å². The first-order valence-corrected chi connectivity index (χ1v) is 6.06. The summed E-state index contributed by atoms with van der Waals surface area (Å²) >= 11 is 4.93. The van der Waals surface area contributed by atoms with Crippen LogP contribution >= 0.6 is 12.2 Å². The highest BCUT2D eigenvalue weighted by Gasteiger charge is 2.34. The van der Waals surface area contributed by atoms with Crippen LogP contribution in [0.1, 0.15) is 27.2 Å². The quantitative estimate of drug-likeness (QED) is 0.708. The average Bonchev–Trinajstić information content (AvgIpc) is 2.14. The van der Waals surface area contributed by atoms with Crippen molar-refractivity contribution in [2.24, 2.45) is 5.73 Å². The first-order valence-electron chi connectivity index (χ1n) is 5.65. The number of ether oxygens (including phenoxy) is 1. The fourth-order valence-electron chi connectivity index (χ4n) is 2.19. The molecule has 0 spiro atoms. The van der Waals surface area contributed by atoms with Crippen LogP contribution in [-0.4, -0.2) is 52.4 Å². The van der Waals surface area contributed by atoms with Crippen LogP contribution in [0.3, 0.4) is 0 Å². The molecule has 0 aromatic rings. The molecule has 0 bridgehead atoms. The first-order chi connectivity index (χ1) is 7.34. The lowest BCUT2D eigenvalue weighted by atomic mass is 10.0. The maximum absolute atomic E-state index is 9.20. The molecule has 1 aliphatic heterocycles. The molecular formula is C11H22N2O2S. The number of morpholine rings is 1. The molecule has 4 nitrogen and oxygen atoms in total. The molecule has 94 valence electrons. The Morgan fingerprint density at radius 3 is 2.81 bits per heavy atom. The summed E-state index contributed by atoms with van der Waals surface area (Å²) in [5, 5.41) is 9.20.